The molecule has 66 heavy (non-hydrogen) atoms. The standard InChI is InChI=1S/C55H42F3N3O3STe/c56-55(57,58)65(62,63)64-66(52-37-31-49(32-38-52)59(43-19-7-1-8-20-43)44-21-9-2-10-22-44,53-39-33-50(34-40-53)60(45-23-11-3-12-24-45)46-25-13-4-14-26-46)54-41-35-51(36-42-54)61(47-27-15-5-16-28-47)48-29-17-6-18-30-48/h1-42H. The Hall–Kier alpha value is -7.13. The second-order valence-electron chi connectivity index (χ2n) is 15.0. The predicted molar refractivity (Wildman–Crippen MR) is 264 cm³/mol. The summed E-state index contributed by atoms with van der Waals surface area (Å²) >= 11 is -5.54. The van der Waals surface area contributed by atoms with Gasteiger partial charge in [0.2, 0.25) is 0 Å². The zero-order chi connectivity index (χ0) is 45.6. The third-order valence-electron chi connectivity index (χ3n) is 10.8. The van der Waals surface area contributed by atoms with Crippen molar-refractivity contribution in [3.05, 3.63) is 255 Å². The van der Waals surface area contributed by atoms with Gasteiger partial charge < -0.3 is 0 Å². The minimum atomic E-state index is -6.18. The van der Waals surface area contributed by atoms with E-state index in [1.54, 1.807) is 72.8 Å². The van der Waals surface area contributed by atoms with Crippen LogP contribution in [0, 0.1) is 0 Å². The Balaban J connectivity index is 1.25. The summed E-state index contributed by atoms with van der Waals surface area (Å²) in [7, 11) is -6.18. The monoisotopic (exact) mass is 1010 g/mol. The second kappa shape index (κ2) is 19.1. The maximum atomic E-state index is 14.8. The predicted octanol–water partition coefficient (Wildman–Crippen LogP) is 12.9. The van der Waals surface area contributed by atoms with Crippen molar-refractivity contribution in [2.45, 2.75) is 5.51 Å². The van der Waals surface area contributed by atoms with Crippen molar-refractivity contribution in [1.29, 1.82) is 0 Å². The minimum absolute atomic E-state index is 0.335. The molecule has 0 N–H and O–H groups in total. The van der Waals surface area contributed by atoms with E-state index in [1.807, 2.05) is 197 Å². The number of nitrogens with zero attached hydrogens (tertiary/aromatic N) is 3. The van der Waals surface area contributed by atoms with Crippen LogP contribution < -0.4 is 25.5 Å². The summed E-state index contributed by atoms with van der Waals surface area (Å²) in [5.41, 5.74) is 1.55. The van der Waals surface area contributed by atoms with E-state index in [-0.39, 0.29) is 0 Å². The van der Waals surface area contributed by atoms with Crippen LogP contribution in [-0.2, 0) is 12.7 Å². The van der Waals surface area contributed by atoms with Crippen LogP contribution in [0.1, 0.15) is 0 Å². The number of para-hydroxylation sites is 6. The molecule has 0 radical (unpaired) electrons. The molecular weight excluding hydrogens is 967 g/mol. The molecule has 0 saturated heterocycles. The molecule has 0 aliphatic rings. The van der Waals surface area contributed by atoms with Crippen molar-refractivity contribution in [3.63, 3.8) is 0 Å². The molecule has 0 bridgehead atoms. The van der Waals surface area contributed by atoms with E-state index in [4.69, 9.17) is 2.55 Å². The molecule has 0 aliphatic heterocycles. The van der Waals surface area contributed by atoms with Crippen LogP contribution in [0.3, 0.4) is 0 Å². The van der Waals surface area contributed by atoms with Gasteiger partial charge in [-0.2, -0.15) is 0 Å². The fourth-order valence-electron chi connectivity index (χ4n) is 7.86. The molecule has 328 valence electrons. The van der Waals surface area contributed by atoms with E-state index >= 15 is 0 Å². The van der Waals surface area contributed by atoms with Gasteiger partial charge in [-0.25, -0.2) is 0 Å². The number of halogens is 3. The Kier molecular flexibility index (Phi) is 12.8. The summed E-state index contributed by atoms with van der Waals surface area (Å²) in [6.45, 7) is 0. The quantitative estimate of drug-likeness (QED) is 0.0799. The van der Waals surface area contributed by atoms with Crippen molar-refractivity contribution >= 4 is 90.7 Å². The van der Waals surface area contributed by atoms with Gasteiger partial charge in [0.05, 0.1) is 0 Å². The van der Waals surface area contributed by atoms with Gasteiger partial charge in [-0.3, -0.25) is 0 Å². The van der Waals surface area contributed by atoms with Crippen LogP contribution in [0.25, 0.3) is 0 Å². The Labute approximate surface area is 387 Å². The second-order valence-corrected chi connectivity index (χ2v) is 24.9. The van der Waals surface area contributed by atoms with Gasteiger partial charge in [0.1, 0.15) is 0 Å². The molecule has 0 fully saturated rings. The Morgan fingerprint density at radius 3 is 0.667 bits per heavy atom. The van der Waals surface area contributed by atoms with Gasteiger partial charge in [0.25, 0.3) is 0 Å². The molecule has 0 heterocycles. The van der Waals surface area contributed by atoms with E-state index < -0.39 is 34.2 Å². The van der Waals surface area contributed by atoms with Crippen molar-refractivity contribution in [3.8, 4) is 0 Å². The van der Waals surface area contributed by atoms with Gasteiger partial charge in [0.15, 0.2) is 0 Å². The van der Waals surface area contributed by atoms with E-state index in [9.17, 15) is 21.6 Å². The molecule has 0 atom stereocenters. The van der Waals surface area contributed by atoms with Crippen LogP contribution >= 0.6 is 0 Å². The maximum absolute atomic E-state index is 14.8. The molecule has 0 amide bonds. The van der Waals surface area contributed by atoms with E-state index in [1.165, 1.54) is 0 Å². The van der Waals surface area contributed by atoms with Gasteiger partial charge in [-0.1, -0.05) is 0 Å². The number of benzene rings is 9. The average Bonchev–Trinajstić information content (AvgIpc) is 3.36. The third kappa shape index (κ3) is 9.07. The molecular formula is C55H42F3N3O3STe. The number of hydrogen-bond donors (Lipinski definition) is 0. The molecule has 0 unspecified atom stereocenters. The van der Waals surface area contributed by atoms with E-state index in [2.05, 4.69) is 0 Å². The molecule has 6 nitrogen and oxygen atoms in total. The molecule has 0 saturated carbocycles. The Morgan fingerprint density at radius 1 is 0.303 bits per heavy atom. The molecule has 9 aromatic rings. The summed E-state index contributed by atoms with van der Waals surface area (Å²) in [6, 6.07) is 79.4. The van der Waals surface area contributed by atoms with Gasteiger partial charge in [-0.15, -0.1) is 0 Å². The van der Waals surface area contributed by atoms with Crippen molar-refractivity contribution in [2.75, 3.05) is 14.7 Å². The number of hydrogen-bond acceptors (Lipinski definition) is 6. The first-order chi connectivity index (χ1) is 32.1. The third-order valence-corrected chi connectivity index (χ3v) is 23.1. The zero-order valence-electron chi connectivity index (χ0n) is 35.3. The van der Waals surface area contributed by atoms with Crippen LogP contribution in [-0.4, -0.2) is 32.5 Å². The average molecular weight is 1010 g/mol. The zero-order valence-corrected chi connectivity index (χ0v) is 38.4. The molecule has 9 aromatic carbocycles. The van der Waals surface area contributed by atoms with Crippen molar-refractivity contribution in [1.82, 2.24) is 0 Å². The number of alkyl halides is 3. The van der Waals surface area contributed by atoms with Crippen LogP contribution in [0.2, 0.25) is 0 Å². The number of rotatable bonds is 14. The van der Waals surface area contributed by atoms with Gasteiger partial charge >= 0.3 is 390 Å². The Bertz CT molecular complexity index is 2660. The fraction of sp³-hybridized carbons (Fsp3) is 0.0182. The summed E-state index contributed by atoms with van der Waals surface area (Å²) in [4.78, 5) is 6.08. The fourth-order valence-corrected chi connectivity index (χ4v) is 20.2. The van der Waals surface area contributed by atoms with Crippen LogP contribution in [0.15, 0.2) is 255 Å². The van der Waals surface area contributed by atoms with Gasteiger partial charge in [-0.05, 0) is 0 Å². The summed E-state index contributed by atoms with van der Waals surface area (Å²) in [5.74, 6) is 0. The summed E-state index contributed by atoms with van der Waals surface area (Å²) < 4.78 is 78.9. The van der Waals surface area contributed by atoms with Gasteiger partial charge in [0, 0.05) is 0 Å². The molecule has 0 aliphatic carbocycles. The number of anilines is 9. The van der Waals surface area contributed by atoms with Crippen LogP contribution in [0.5, 0.6) is 0 Å². The topological polar surface area (TPSA) is 53.1 Å². The molecule has 0 aromatic heterocycles. The molecule has 0 spiro atoms. The van der Waals surface area contributed by atoms with E-state index in [0.717, 1.165) is 34.1 Å². The normalized spacial score (nSPS) is 12.0. The molecule has 9 rings (SSSR count). The summed E-state index contributed by atoms with van der Waals surface area (Å²) in [6.07, 6.45) is 0. The van der Waals surface area contributed by atoms with Crippen molar-refractivity contribution < 1.29 is 24.1 Å². The molecule has 11 heteroatoms. The summed E-state index contributed by atoms with van der Waals surface area (Å²) in [5, 5.41) is 0. The SMILES string of the molecule is O=S(=O)(O[Te](c1ccc(N(c2ccccc2)c2ccccc2)cc1)(c1ccc(N(c2ccccc2)c2ccccc2)cc1)c1ccc(N(c2ccccc2)c2ccccc2)cc1)C(F)(F)F. The first-order valence-corrected chi connectivity index (χ1v) is 26.8. The Morgan fingerprint density at radius 2 is 0.485 bits per heavy atom. The van der Waals surface area contributed by atoms with Crippen LogP contribution in [0.4, 0.5) is 64.4 Å². The first kappa shape index (κ1) is 44.1. The van der Waals surface area contributed by atoms with E-state index in [0.29, 0.717) is 27.9 Å². The first-order valence-electron chi connectivity index (χ1n) is 21.0. The van der Waals surface area contributed by atoms with Crippen molar-refractivity contribution in [2.24, 2.45) is 0 Å².